The number of halogens is 1. The van der Waals surface area contributed by atoms with Crippen LogP contribution in [0.5, 0.6) is 0 Å². The Kier molecular flexibility index (Phi) is 3.10. The maximum absolute atomic E-state index is 13.0. The van der Waals surface area contributed by atoms with Crippen molar-refractivity contribution in [1.82, 2.24) is 9.97 Å². The number of benzene rings is 1. The average molecular weight is 217 g/mol. The summed E-state index contributed by atoms with van der Waals surface area (Å²) in [6.07, 6.45) is 3.39. The Morgan fingerprint density at radius 3 is 2.69 bits per heavy atom. The van der Waals surface area contributed by atoms with Gasteiger partial charge in [0.05, 0.1) is 6.54 Å². The molecule has 0 aliphatic heterocycles. The first kappa shape index (κ1) is 10.5. The second-order valence-electron chi connectivity index (χ2n) is 3.48. The van der Waals surface area contributed by atoms with Gasteiger partial charge in [-0.2, -0.15) is 0 Å². The van der Waals surface area contributed by atoms with E-state index in [-0.39, 0.29) is 5.82 Å². The number of hydrogen-bond donors (Lipinski definition) is 1. The SMILES string of the molecule is Cc1cc(NCc2ncccn2)ccc1F. The van der Waals surface area contributed by atoms with Gasteiger partial charge in [0.1, 0.15) is 11.6 Å². The molecule has 16 heavy (non-hydrogen) atoms. The zero-order chi connectivity index (χ0) is 11.4. The Labute approximate surface area is 93.4 Å². The lowest BCUT2D eigenvalue weighted by atomic mass is 10.2. The summed E-state index contributed by atoms with van der Waals surface area (Å²) < 4.78 is 13.0. The Morgan fingerprint density at radius 2 is 2.00 bits per heavy atom. The summed E-state index contributed by atoms with van der Waals surface area (Å²) in [5.74, 6) is 0.519. The molecule has 3 nitrogen and oxygen atoms in total. The van der Waals surface area contributed by atoms with Gasteiger partial charge < -0.3 is 5.32 Å². The van der Waals surface area contributed by atoms with Crippen LogP contribution < -0.4 is 5.32 Å². The average Bonchev–Trinajstić information content (AvgIpc) is 2.32. The van der Waals surface area contributed by atoms with Crippen molar-refractivity contribution in [3.05, 3.63) is 53.9 Å². The first-order valence-corrected chi connectivity index (χ1v) is 5.01. The van der Waals surface area contributed by atoms with E-state index in [2.05, 4.69) is 15.3 Å². The quantitative estimate of drug-likeness (QED) is 0.858. The zero-order valence-electron chi connectivity index (χ0n) is 8.94. The van der Waals surface area contributed by atoms with Gasteiger partial charge in [0.2, 0.25) is 0 Å². The van der Waals surface area contributed by atoms with E-state index in [9.17, 15) is 4.39 Å². The van der Waals surface area contributed by atoms with E-state index in [1.54, 1.807) is 37.5 Å². The molecule has 0 aliphatic carbocycles. The van der Waals surface area contributed by atoms with Crippen LogP contribution in [0.25, 0.3) is 0 Å². The summed E-state index contributed by atoms with van der Waals surface area (Å²) in [4.78, 5) is 8.17. The Hall–Kier alpha value is -1.97. The van der Waals surface area contributed by atoms with E-state index in [0.29, 0.717) is 17.9 Å². The minimum atomic E-state index is -0.193. The van der Waals surface area contributed by atoms with E-state index < -0.39 is 0 Å². The normalized spacial score (nSPS) is 10.1. The molecular formula is C12H12FN3. The second-order valence-corrected chi connectivity index (χ2v) is 3.48. The van der Waals surface area contributed by atoms with Crippen molar-refractivity contribution in [3.8, 4) is 0 Å². The van der Waals surface area contributed by atoms with Gasteiger partial charge in [-0.25, -0.2) is 14.4 Å². The number of aromatic nitrogens is 2. The van der Waals surface area contributed by atoms with Crippen LogP contribution >= 0.6 is 0 Å². The van der Waals surface area contributed by atoms with Gasteiger partial charge in [-0.15, -0.1) is 0 Å². The van der Waals surface area contributed by atoms with E-state index in [4.69, 9.17) is 0 Å². The molecule has 1 heterocycles. The number of nitrogens with one attached hydrogen (secondary N) is 1. The minimum Gasteiger partial charge on any atom is -0.378 e. The predicted molar refractivity (Wildman–Crippen MR) is 60.5 cm³/mol. The monoisotopic (exact) mass is 217 g/mol. The third-order valence-electron chi connectivity index (χ3n) is 2.23. The molecule has 0 spiro atoms. The van der Waals surface area contributed by atoms with Crippen molar-refractivity contribution >= 4 is 5.69 Å². The van der Waals surface area contributed by atoms with Crippen molar-refractivity contribution in [1.29, 1.82) is 0 Å². The molecular weight excluding hydrogens is 205 g/mol. The standard InChI is InChI=1S/C12H12FN3/c1-9-7-10(3-4-11(9)13)16-8-12-14-5-2-6-15-12/h2-7,16H,8H2,1H3. The van der Waals surface area contributed by atoms with E-state index in [1.807, 2.05) is 0 Å². The molecule has 0 aliphatic rings. The van der Waals surface area contributed by atoms with Crippen LogP contribution in [0.15, 0.2) is 36.7 Å². The minimum absolute atomic E-state index is 0.193. The number of aryl methyl sites for hydroxylation is 1. The molecule has 1 aromatic carbocycles. The van der Waals surface area contributed by atoms with E-state index in [1.165, 1.54) is 6.07 Å². The van der Waals surface area contributed by atoms with E-state index >= 15 is 0 Å². The molecule has 1 N–H and O–H groups in total. The first-order valence-electron chi connectivity index (χ1n) is 5.01. The molecule has 0 unspecified atom stereocenters. The number of rotatable bonds is 3. The maximum atomic E-state index is 13.0. The summed E-state index contributed by atoms with van der Waals surface area (Å²) in [6.45, 7) is 2.27. The van der Waals surface area contributed by atoms with Crippen LogP contribution in [-0.2, 0) is 6.54 Å². The first-order chi connectivity index (χ1) is 7.75. The van der Waals surface area contributed by atoms with Crippen LogP contribution in [0.4, 0.5) is 10.1 Å². The molecule has 0 atom stereocenters. The summed E-state index contributed by atoms with van der Waals surface area (Å²) in [5, 5.41) is 3.14. The Morgan fingerprint density at radius 1 is 1.25 bits per heavy atom. The topological polar surface area (TPSA) is 37.8 Å². The summed E-state index contributed by atoms with van der Waals surface area (Å²) in [7, 11) is 0. The summed E-state index contributed by atoms with van der Waals surface area (Å²) >= 11 is 0. The number of nitrogens with zero attached hydrogens (tertiary/aromatic N) is 2. The smallest absolute Gasteiger partial charge is 0.147 e. The molecule has 0 fully saturated rings. The van der Waals surface area contributed by atoms with Gasteiger partial charge in [-0.3, -0.25) is 0 Å². The lowest BCUT2D eigenvalue weighted by molar-refractivity contribution is 0.618. The highest BCUT2D eigenvalue weighted by Crippen LogP contribution is 2.13. The second kappa shape index (κ2) is 4.70. The largest absolute Gasteiger partial charge is 0.378 e. The fraction of sp³-hybridized carbons (Fsp3) is 0.167. The van der Waals surface area contributed by atoms with Crippen LogP contribution in [0, 0.1) is 12.7 Å². The van der Waals surface area contributed by atoms with Gasteiger partial charge >= 0.3 is 0 Å². The molecule has 82 valence electrons. The van der Waals surface area contributed by atoms with Crippen LogP contribution in [0.1, 0.15) is 11.4 Å². The lowest BCUT2D eigenvalue weighted by Gasteiger charge is -2.06. The highest BCUT2D eigenvalue weighted by Gasteiger charge is 1.99. The zero-order valence-corrected chi connectivity index (χ0v) is 8.94. The fourth-order valence-electron chi connectivity index (χ4n) is 1.36. The van der Waals surface area contributed by atoms with Crippen LogP contribution in [0.3, 0.4) is 0 Å². The van der Waals surface area contributed by atoms with Gasteiger partial charge in [0.15, 0.2) is 0 Å². The molecule has 0 bridgehead atoms. The van der Waals surface area contributed by atoms with Gasteiger partial charge in [0.25, 0.3) is 0 Å². The molecule has 2 aromatic rings. The van der Waals surface area contributed by atoms with Gasteiger partial charge in [-0.05, 0) is 36.8 Å². The Bertz CT molecular complexity index is 471. The van der Waals surface area contributed by atoms with Crippen LogP contribution in [0.2, 0.25) is 0 Å². The van der Waals surface area contributed by atoms with Gasteiger partial charge in [-0.1, -0.05) is 0 Å². The molecule has 0 amide bonds. The maximum Gasteiger partial charge on any atom is 0.147 e. The third kappa shape index (κ3) is 2.53. The number of hydrogen-bond acceptors (Lipinski definition) is 3. The highest BCUT2D eigenvalue weighted by molar-refractivity contribution is 5.45. The summed E-state index contributed by atoms with van der Waals surface area (Å²) in [6, 6.07) is 6.68. The molecule has 2 rings (SSSR count). The third-order valence-corrected chi connectivity index (χ3v) is 2.23. The fourth-order valence-corrected chi connectivity index (χ4v) is 1.36. The predicted octanol–water partition coefficient (Wildman–Crippen LogP) is 2.54. The van der Waals surface area contributed by atoms with Crippen LogP contribution in [-0.4, -0.2) is 9.97 Å². The van der Waals surface area contributed by atoms with Crippen molar-refractivity contribution < 1.29 is 4.39 Å². The van der Waals surface area contributed by atoms with Crippen molar-refractivity contribution in [3.63, 3.8) is 0 Å². The number of anilines is 1. The molecule has 0 saturated heterocycles. The molecule has 0 radical (unpaired) electrons. The van der Waals surface area contributed by atoms with Crippen molar-refractivity contribution in [2.45, 2.75) is 13.5 Å². The Balaban J connectivity index is 2.03. The van der Waals surface area contributed by atoms with E-state index in [0.717, 1.165) is 5.69 Å². The summed E-state index contributed by atoms with van der Waals surface area (Å²) in [5.41, 5.74) is 1.49. The van der Waals surface area contributed by atoms with Gasteiger partial charge in [0, 0.05) is 18.1 Å². The van der Waals surface area contributed by atoms with Crippen molar-refractivity contribution in [2.75, 3.05) is 5.32 Å². The highest BCUT2D eigenvalue weighted by atomic mass is 19.1. The lowest BCUT2D eigenvalue weighted by Crippen LogP contribution is -2.03. The molecule has 1 aromatic heterocycles. The molecule has 4 heteroatoms. The molecule has 0 saturated carbocycles. The van der Waals surface area contributed by atoms with Crippen molar-refractivity contribution in [2.24, 2.45) is 0 Å².